The molecule has 0 fully saturated rings. The number of hydrogen-bond acceptors (Lipinski definition) is 0. The molecule has 1 nitrogen and oxygen atoms in total. The van der Waals surface area contributed by atoms with Crippen LogP contribution in [0.1, 0.15) is 79.3 Å². The molecule has 0 bridgehead atoms. The van der Waals surface area contributed by atoms with Crippen LogP contribution in [0, 0.1) is 13.8 Å². The molecular formula is C41H45N. The van der Waals surface area contributed by atoms with Gasteiger partial charge in [0.1, 0.15) is 0 Å². The van der Waals surface area contributed by atoms with Crippen LogP contribution >= 0.6 is 0 Å². The normalized spacial score (nSPS) is 12.3. The monoisotopic (exact) mass is 551 g/mol. The number of benzene rings is 3. The largest absolute Gasteiger partial charge is 0.320 e. The highest BCUT2D eigenvalue weighted by Gasteiger charge is 2.18. The third kappa shape index (κ3) is 6.42. The van der Waals surface area contributed by atoms with E-state index in [1.165, 1.54) is 67.0 Å². The van der Waals surface area contributed by atoms with Crippen LogP contribution in [-0.2, 0) is 12.8 Å². The van der Waals surface area contributed by atoms with Gasteiger partial charge in [-0.3, -0.25) is 0 Å². The number of aryl methyl sites for hydroxylation is 2. The average Bonchev–Trinajstić information content (AvgIpc) is 3.34. The Hall–Kier alpha value is -4.36. The zero-order chi connectivity index (χ0) is 30.2. The lowest BCUT2D eigenvalue weighted by Gasteiger charge is -2.19. The Morgan fingerprint density at radius 1 is 0.857 bits per heavy atom. The molecule has 0 atom stereocenters. The molecule has 4 aromatic rings. The zero-order valence-electron chi connectivity index (χ0n) is 26.5. The van der Waals surface area contributed by atoms with Gasteiger partial charge in [0.15, 0.2) is 0 Å². The summed E-state index contributed by atoms with van der Waals surface area (Å²) >= 11 is 0. The minimum absolute atomic E-state index is 0.954. The van der Waals surface area contributed by atoms with Gasteiger partial charge in [-0.1, -0.05) is 110 Å². The topological polar surface area (TPSA) is 4.93 Å². The van der Waals surface area contributed by atoms with Gasteiger partial charge in [0.2, 0.25) is 0 Å². The molecule has 1 heteroatoms. The Labute approximate surface area is 254 Å². The Balaban J connectivity index is 1.90. The quantitative estimate of drug-likeness (QED) is 0.136. The van der Waals surface area contributed by atoms with Gasteiger partial charge in [-0.15, -0.1) is 0 Å². The molecule has 0 saturated heterocycles. The van der Waals surface area contributed by atoms with Crippen molar-refractivity contribution in [1.82, 2.24) is 4.57 Å². The second-order valence-corrected chi connectivity index (χ2v) is 11.0. The molecule has 42 heavy (non-hydrogen) atoms. The van der Waals surface area contributed by atoms with Crippen molar-refractivity contribution in [1.29, 1.82) is 0 Å². The third-order valence-corrected chi connectivity index (χ3v) is 8.11. The Kier molecular flexibility index (Phi) is 10.2. The van der Waals surface area contributed by atoms with Crippen LogP contribution in [0.25, 0.3) is 34.5 Å². The van der Waals surface area contributed by atoms with E-state index in [0.717, 1.165) is 18.4 Å². The first-order valence-electron chi connectivity index (χ1n) is 15.1. The maximum Gasteiger partial charge on any atom is 0.0458 e. The molecule has 0 aliphatic carbocycles. The Morgan fingerprint density at radius 2 is 1.64 bits per heavy atom. The molecule has 1 aromatic heterocycles. The molecule has 1 heterocycles. The van der Waals surface area contributed by atoms with E-state index in [9.17, 15) is 0 Å². The van der Waals surface area contributed by atoms with E-state index >= 15 is 0 Å². The molecular weight excluding hydrogens is 506 g/mol. The second-order valence-electron chi connectivity index (χ2n) is 11.0. The first kappa shape index (κ1) is 30.6. The van der Waals surface area contributed by atoms with Gasteiger partial charge >= 0.3 is 0 Å². The van der Waals surface area contributed by atoms with Crippen molar-refractivity contribution in [2.75, 3.05) is 0 Å². The number of aromatic nitrogens is 1. The fourth-order valence-electron chi connectivity index (χ4n) is 5.81. The molecule has 0 spiro atoms. The lowest BCUT2D eigenvalue weighted by atomic mass is 9.85. The van der Waals surface area contributed by atoms with E-state index in [1.807, 2.05) is 0 Å². The summed E-state index contributed by atoms with van der Waals surface area (Å²) in [5.41, 5.74) is 16.2. The van der Waals surface area contributed by atoms with Gasteiger partial charge in [-0.2, -0.15) is 0 Å². The van der Waals surface area contributed by atoms with Crippen molar-refractivity contribution in [3.05, 3.63) is 154 Å². The molecule has 0 aliphatic rings. The fraction of sp³-hybridized carbons (Fsp3) is 0.220. The number of allylic oxidation sites excluding steroid dienone is 6. The van der Waals surface area contributed by atoms with Gasteiger partial charge < -0.3 is 4.57 Å². The summed E-state index contributed by atoms with van der Waals surface area (Å²) in [6.45, 7) is 19.7. The third-order valence-electron chi connectivity index (χ3n) is 8.11. The van der Waals surface area contributed by atoms with Crippen molar-refractivity contribution >= 4 is 17.7 Å². The molecule has 214 valence electrons. The zero-order valence-corrected chi connectivity index (χ0v) is 26.5. The summed E-state index contributed by atoms with van der Waals surface area (Å²) in [7, 11) is 0. The first-order chi connectivity index (χ1) is 20.3. The smallest absolute Gasteiger partial charge is 0.0458 e. The van der Waals surface area contributed by atoms with Crippen molar-refractivity contribution in [3.8, 4) is 16.8 Å². The lowest BCUT2D eigenvalue weighted by Crippen LogP contribution is -2.02. The van der Waals surface area contributed by atoms with Crippen molar-refractivity contribution in [3.63, 3.8) is 0 Å². The SMILES string of the molecule is C=C(c1ccccc1C)c1c(C)ccc(-c2cccc(-n3cc(/C=C\C=C/C)c(C/C(C)=C\C)c3CC)c2)c1/C=C\C. The minimum atomic E-state index is 0.954. The maximum absolute atomic E-state index is 4.60. The van der Waals surface area contributed by atoms with E-state index in [4.69, 9.17) is 0 Å². The van der Waals surface area contributed by atoms with Crippen LogP contribution in [0.4, 0.5) is 0 Å². The Bertz CT molecular complexity index is 1700. The highest BCUT2D eigenvalue weighted by molar-refractivity contribution is 5.91. The predicted molar refractivity (Wildman–Crippen MR) is 186 cm³/mol. The fourth-order valence-corrected chi connectivity index (χ4v) is 5.81. The van der Waals surface area contributed by atoms with Crippen LogP contribution in [0.2, 0.25) is 0 Å². The highest BCUT2D eigenvalue weighted by Crippen LogP contribution is 2.37. The molecule has 0 radical (unpaired) electrons. The van der Waals surface area contributed by atoms with Crippen LogP contribution < -0.4 is 0 Å². The van der Waals surface area contributed by atoms with Crippen molar-refractivity contribution < 1.29 is 0 Å². The van der Waals surface area contributed by atoms with Crippen LogP contribution in [0.15, 0.2) is 109 Å². The molecule has 3 aromatic carbocycles. The van der Waals surface area contributed by atoms with E-state index in [-0.39, 0.29) is 0 Å². The number of nitrogens with zero attached hydrogens (tertiary/aromatic N) is 1. The van der Waals surface area contributed by atoms with Crippen LogP contribution in [-0.4, -0.2) is 4.57 Å². The minimum Gasteiger partial charge on any atom is -0.320 e. The molecule has 4 rings (SSSR count). The number of rotatable bonds is 10. The summed E-state index contributed by atoms with van der Waals surface area (Å²) in [6.07, 6.45) is 19.4. The summed E-state index contributed by atoms with van der Waals surface area (Å²) < 4.78 is 2.40. The second kappa shape index (κ2) is 14.0. The molecule has 0 unspecified atom stereocenters. The Morgan fingerprint density at radius 3 is 2.33 bits per heavy atom. The van der Waals surface area contributed by atoms with Crippen LogP contribution in [0.3, 0.4) is 0 Å². The predicted octanol–water partition coefficient (Wildman–Crippen LogP) is 11.5. The van der Waals surface area contributed by atoms with Gasteiger partial charge in [0.25, 0.3) is 0 Å². The van der Waals surface area contributed by atoms with Gasteiger partial charge in [-0.25, -0.2) is 0 Å². The maximum atomic E-state index is 4.60. The summed E-state index contributed by atoms with van der Waals surface area (Å²) in [5.74, 6) is 0. The standard InChI is InChI=1S/C41H45N/c1-9-13-14-20-34-28-42(40(12-4)39(34)26-29(5)11-3)35-22-17-21-33(27-35)37-25-24-31(7)41(38(37)18-10-2)32(8)36-23-16-15-19-30(36)6/h9-11,13-25,27-28H,8,12,26H2,1-7H3/b13-9-,18-10-,20-14-,29-11-. The van der Waals surface area contributed by atoms with E-state index in [2.05, 4.69) is 169 Å². The van der Waals surface area contributed by atoms with Crippen molar-refractivity contribution in [2.45, 2.75) is 61.3 Å². The molecule has 0 N–H and O–H groups in total. The van der Waals surface area contributed by atoms with Crippen LogP contribution in [0.5, 0.6) is 0 Å². The summed E-state index contributed by atoms with van der Waals surface area (Å²) in [5, 5.41) is 0. The molecule has 0 amide bonds. The average molecular weight is 552 g/mol. The van der Waals surface area contributed by atoms with Gasteiger partial charge in [0, 0.05) is 17.6 Å². The lowest BCUT2D eigenvalue weighted by molar-refractivity contribution is 0.912. The van der Waals surface area contributed by atoms with Gasteiger partial charge in [-0.05, 0) is 122 Å². The number of hydrogen-bond donors (Lipinski definition) is 0. The van der Waals surface area contributed by atoms with Gasteiger partial charge in [0.05, 0.1) is 0 Å². The van der Waals surface area contributed by atoms with E-state index in [0.29, 0.717) is 0 Å². The molecule has 0 aliphatic heterocycles. The summed E-state index contributed by atoms with van der Waals surface area (Å²) in [6, 6.07) is 22.0. The highest BCUT2D eigenvalue weighted by atomic mass is 15.0. The summed E-state index contributed by atoms with van der Waals surface area (Å²) in [4.78, 5) is 0. The van der Waals surface area contributed by atoms with Crippen molar-refractivity contribution in [2.24, 2.45) is 0 Å². The van der Waals surface area contributed by atoms with E-state index in [1.54, 1.807) is 0 Å². The first-order valence-corrected chi connectivity index (χ1v) is 15.1. The van der Waals surface area contributed by atoms with E-state index < -0.39 is 0 Å². The molecule has 0 saturated carbocycles.